The Kier molecular flexibility index (Phi) is 3.95. The molecule has 0 radical (unpaired) electrons. The highest BCUT2D eigenvalue weighted by Gasteiger charge is 2.15. The van der Waals surface area contributed by atoms with Crippen LogP contribution in [-0.2, 0) is 6.54 Å². The summed E-state index contributed by atoms with van der Waals surface area (Å²) >= 11 is 0. The van der Waals surface area contributed by atoms with E-state index in [1.165, 1.54) is 12.8 Å². The molecule has 1 aromatic heterocycles. The summed E-state index contributed by atoms with van der Waals surface area (Å²) in [5, 5.41) is 9.02. The Hall–Kier alpha value is -1.25. The normalized spacial score (nSPS) is 10.6. The van der Waals surface area contributed by atoms with Gasteiger partial charge < -0.3 is 9.67 Å². The van der Waals surface area contributed by atoms with Gasteiger partial charge in [0.1, 0.15) is 0 Å². The Labute approximate surface area is 90.7 Å². The Bertz CT molecular complexity index is 353. The van der Waals surface area contributed by atoms with Crippen molar-refractivity contribution in [1.82, 2.24) is 4.57 Å². The maximum Gasteiger partial charge on any atom is 0.337 e. The van der Waals surface area contributed by atoms with Gasteiger partial charge in [0.15, 0.2) is 0 Å². The van der Waals surface area contributed by atoms with Gasteiger partial charge in [-0.15, -0.1) is 0 Å². The van der Waals surface area contributed by atoms with Crippen LogP contribution < -0.4 is 0 Å². The van der Waals surface area contributed by atoms with Gasteiger partial charge in [-0.25, -0.2) is 4.79 Å². The first kappa shape index (κ1) is 11.8. The third kappa shape index (κ3) is 2.61. The number of aromatic carboxylic acids is 1. The summed E-state index contributed by atoms with van der Waals surface area (Å²) in [6.07, 6.45) is 5.43. The first-order valence-electron chi connectivity index (χ1n) is 5.47. The summed E-state index contributed by atoms with van der Waals surface area (Å²) in [4.78, 5) is 11.0. The van der Waals surface area contributed by atoms with E-state index in [2.05, 4.69) is 11.5 Å². The quantitative estimate of drug-likeness (QED) is 0.757. The van der Waals surface area contributed by atoms with E-state index in [0.29, 0.717) is 5.56 Å². The van der Waals surface area contributed by atoms with Gasteiger partial charge in [-0.1, -0.05) is 19.8 Å². The van der Waals surface area contributed by atoms with Crippen molar-refractivity contribution in [2.75, 3.05) is 0 Å². The van der Waals surface area contributed by atoms with Crippen molar-refractivity contribution < 1.29 is 9.90 Å². The molecule has 0 fully saturated rings. The number of rotatable bonds is 5. The molecule has 3 heteroatoms. The van der Waals surface area contributed by atoms with Crippen LogP contribution in [0.25, 0.3) is 0 Å². The van der Waals surface area contributed by atoms with E-state index in [4.69, 9.17) is 5.11 Å². The second kappa shape index (κ2) is 5.01. The fourth-order valence-electron chi connectivity index (χ4n) is 1.91. The molecule has 0 aliphatic heterocycles. The van der Waals surface area contributed by atoms with Crippen LogP contribution >= 0.6 is 0 Å². The smallest absolute Gasteiger partial charge is 0.337 e. The lowest BCUT2D eigenvalue weighted by Crippen LogP contribution is -2.03. The summed E-state index contributed by atoms with van der Waals surface area (Å²) < 4.78 is 2.05. The molecule has 0 atom stereocenters. The molecule has 0 aliphatic carbocycles. The molecule has 1 heterocycles. The predicted octanol–water partition coefficient (Wildman–Crippen LogP) is 2.99. The van der Waals surface area contributed by atoms with Crippen molar-refractivity contribution in [2.24, 2.45) is 0 Å². The van der Waals surface area contributed by atoms with Gasteiger partial charge in [-0.05, 0) is 25.8 Å². The topological polar surface area (TPSA) is 42.2 Å². The van der Waals surface area contributed by atoms with Gasteiger partial charge in [0.25, 0.3) is 0 Å². The van der Waals surface area contributed by atoms with Crippen LogP contribution in [0.5, 0.6) is 0 Å². The molecule has 0 unspecified atom stereocenters. The second-order valence-electron chi connectivity index (χ2n) is 3.98. The summed E-state index contributed by atoms with van der Waals surface area (Å²) in [5.41, 5.74) is 2.19. The zero-order valence-electron chi connectivity index (χ0n) is 9.71. The predicted molar refractivity (Wildman–Crippen MR) is 60.4 cm³/mol. The highest BCUT2D eigenvalue weighted by molar-refractivity contribution is 5.90. The minimum absolute atomic E-state index is 0.464. The van der Waals surface area contributed by atoms with Crippen molar-refractivity contribution >= 4 is 5.97 Å². The molecule has 3 nitrogen and oxygen atoms in total. The molecular formula is C12H19NO2. The van der Waals surface area contributed by atoms with Crippen LogP contribution in [0.4, 0.5) is 0 Å². The largest absolute Gasteiger partial charge is 0.478 e. The van der Waals surface area contributed by atoms with Gasteiger partial charge in [-0.2, -0.15) is 0 Å². The lowest BCUT2D eigenvalue weighted by Gasteiger charge is -2.05. The van der Waals surface area contributed by atoms with E-state index in [0.717, 1.165) is 24.2 Å². The lowest BCUT2D eigenvalue weighted by atomic mass is 10.2. The van der Waals surface area contributed by atoms with Crippen molar-refractivity contribution in [3.63, 3.8) is 0 Å². The molecule has 0 saturated carbocycles. The standard InChI is InChI=1S/C12H19NO2/c1-4-5-6-7-13-8-9(2)11(10(13)3)12(14)15/h8H,4-7H2,1-3H3,(H,14,15). The molecule has 0 aromatic carbocycles. The first-order valence-corrected chi connectivity index (χ1v) is 5.47. The monoisotopic (exact) mass is 209 g/mol. The van der Waals surface area contributed by atoms with E-state index < -0.39 is 5.97 Å². The van der Waals surface area contributed by atoms with Crippen molar-refractivity contribution in [1.29, 1.82) is 0 Å². The molecule has 0 bridgehead atoms. The molecule has 0 saturated heterocycles. The average Bonchev–Trinajstić information content (AvgIpc) is 2.42. The van der Waals surface area contributed by atoms with Gasteiger partial charge in [-0.3, -0.25) is 0 Å². The van der Waals surface area contributed by atoms with Crippen molar-refractivity contribution in [3.8, 4) is 0 Å². The SMILES string of the molecule is CCCCCn1cc(C)c(C(=O)O)c1C. The molecular weight excluding hydrogens is 190 g/mol. The number of nitrogens with zero attached hydrogens (tertiary/aromatic N) is 1. The van der Waals surface area contributed by atoms with Gasteiger partial charge in [0, 0.05) is 18.4 Å². The summed E-state index contributed by atoms with van der Waals surface area (Å²) in [6, 6.07) is 0. The second-order valence-corrected chi connectivity index (χ2v) is 3.98. The van der Waals surface area contributed by atoms with E-state index in [1.807, 2.05) is 20.0 Å². The number of carbonyl (C=O) groups is 1. The van der Waals surface area contributed by atoms with Crippen LogP contribution in [0.1, 0.15) is 47.8 Å². The molecule has 84 valence electrons. The minimum Gasteiger partial charge on any atom is -0.478 e. The van der Waals surface area contributed by atoms with Crippen LogP contribution in [0.15, 0.2) is 6.20 Å². The number of carboxylic acids is 1. The van der Waals surface area contributed by atoms with Crippen molar-refractivity contribution in [3.05, 3.63) is 23.0 Å². The third-order valence-corrected chi connectivity index (χ3v) is 2.75. The van der Waals surface area contributed by atoms with E-state index in [-0.39, 0.29) is 0 Å². The maximum atomic E-state index is 11.0. The van der Waals surface area contributed by atoms with Gasteiger partial charge in [0.2, 0.25) is 0 Å². The van der Waals surface area contributed by atoms with Gasteiger partial charge in [0.05, 0.1) is 5.56 Å². The fraction of sp³-hybridized carbons (Fsp3) is 0.583. The number of aryl methyl sites for hydroxylation is 2. The van der Waals surface area contributed by atoms with E-state index >= 15 is 0 Å². The van der Waals surface area contributed by atoms with E-state index in [1.54, 1.807) is 0 Å². The number of unbranched alkanes of at least 4 members (excludes halogenated alkanes) is 2. The van der Waals surface area contributed by atoms with Gasteiger partial charge >= 0.3 is 5.97 Å². The number of carboxylic acid groups (broad SMARTS) is 1. The Morgan fingerprint density at radius 1 is 1.40 bits per heavy atom. The Morgan fingerprint density at radius 2 is 2.07 bits per heavy atom. The maximum absolute atomic E-state index is 11.0. The third-order valence-electron chi connectivity index (χ3n) is 2.75. The fourth-order valence-corrected chi connectivity index (χ4v) is 1.91. The van der Waals surface area contributed by atoms with E-state index in [9.17, 15) is 4.79 Å². The number of hydrogen-bond acceptors (Lipinski definition) is 1. The Balaban J connectivity index is 2.82. The van der Waals surface area contributed by atoms with Crippen LogP contribution in [0.3, 0.4) is 0 Å². The van der Waals surface area contributed by atoms with Crippen LogP contribution in [-0.4, -0.2) is 15.6 Å². The average molecular weight is 209 g/mol. The first-order chi connectivity index (χ1) is 7.07. The zero-order chi connectivity index (χ0) is 11.4. The lowest BCUT2D eigenvalue weighted by molar-refractivity contribution is 0.0695. The molecule has 1 rings (SSSR count). The highest BCUT2D eigenvalue weighted by Crippen LogP contribution is 2.17. The zero-order valence-corrected chi connectivity index (χ0v) is 9.71. The molecule has 1 aromatic rings. The molecule has 15 heavy (non-hydrogen) atoms. The molecule has 0 spiro atoms. The number of hydrogen-bond donors (Lipinski definition) is 1. The number of aromatic nitrogens is 1. The van der Waals surface area contributed by atoms with Crippen LogP contribution in [0, 0.1) is 13.8 Å². The minimum atomic E-state index is -0.820. The Morgan fingerprint density at radius 3 is 2.53 bits per heavy atom. The molecule has 0 amide bonds. The summed E-state index contributed by atoms with van der Waals surface area (Å²) in [5.74, 6) is -0.820. The summed E-state index contributed by atoms with van der Waals surface area (Å²) in [6.45, 7) is 6.82. The highest BCUT2D eigenvalue weighted by atomic mass is 16.4. The van der Waals surface area contributed by atoms with Crippen LogP contribution in [0.2, 0.25) is 0 Å². The molecule has 0 aliphatic rings. The van der Waals surface area contributed by atoms with Crippen molar-refractivity contribution in [2.45, 2.75) is 46.6 Å². The summed E-state index contributed by atoms with van der Waals surface area (Å²) in [7, 11) is 0. The molecule has 1 N–H and O–H groups in total.